The minimum Gasteiger partial charge on any atom is -0.289 e. The van der Waals surface area contributed by atoms with Crippen molar-refractivity contribution in [1.29, 1.82) is 0 Å². The van der Waals surface area contributed by atoms with Gasteiger partial charge in [-0.3, -0.25) is 4.79 Å². The predicted molar refractivity (Wildman–Crippen MR) is 64.2 cm³/mol. The van der Waals surface area contributed by atoms with Gasteiger partial charge >= 0.3 is 0 Å². The maximum atomic E-state index is 11.8. The molecule has 0 aliphatic rings. The van der Waals surface area contributed by atoms with Crippen LogP contribution in [0.5, 0.6) is 0 Å². The fourth-order valence-corrected chi connectivity index (χ4v) is 1.52. The Bertz CT molecular complexity index is 369. The Morgan fingerprint density at radius 1 is 1.27 bits per heavy atom. The zero-order valence-corrected chi connectivity index (χ0v) is 9.71. The van der Waals surface area contributed by atoms with E-state index in [-0.39, 0.29) is 5.78 Å². The molecule has 0 aromatic heterocycles. The van der Waals surface area contributed by atoms with Gasteiger partial charge in [0, 0.05) is 5.56 Å². The summed E-state index contributed by atoms with van der Waals surface area (Å²) >= 11 is 0. The molecule has 0 saturated heterocycles. The van der Waals surface area contributed by atoms with E-state index in [1.54, 1.807) is 6.08 Å². The summed E-state index contributed by atoms with van der Waals surface area (Å²) in [6, 6.07) is 7.73. The molecule has 1 rings (SSSR count). The first kappa shape index (κ1) is 11.7. The SMILES string of the molecule is CCC(=CC(=O)c1cccc(C)c1)CC. The topological polar surface area (TPSA) is 17.1 Å². The molecule has 1 aromatic rings. The molecule has 0 bridgehead atoms. The quantitative estimate of drug-likeness (QED) is 0.534. The minimum absolute atomic E-state index is 0.123. The first-order valence-corrected chi connectivity index (χ1v) is 5.47. The Hall–Kier alpha value is -1.37. The van der Waals surface area contributed by atoms with Gasteiger partial charge in [-0.05, 0) is 31.9 Å². The summed E-state index contributed by atoms with van der Waals surface area (Å²) in [7, 11) is 0. The van der Waals surface area contributed by atoms with Crippen LogP contribution in [0.25, 0.3) is 0 Å². The van der Waals surface area contributed by atoms with Crippen molar-refractivity contribution in [1.82, 2.24) is 0 Å². The Morgan fingerprint density at radius 3 is 2.47 bits per heavy atom. The zero-order chi connectivity index (χ0) is 11.3. The van der Waals surface area contributed by atoms with Crippen molar-refractivity contribution < 1.29 is 4.79 Å². The molecular weight excluding hydrogens is 184 g/mol. The number of hydrogen-bond acceptors (Lipinski definition) is 1. The fourth-order valence-electron chi connectivity index (χ4n) is 1.52. The standard InChI is InChI=1S/C14H18O/c1-4-12(5-2)10-14(15)13-8-6-7-11(3)9-13/h6-10H,4-5H2,1-3H3. The van der Waals surface area contributed by atoms with E-state index in [4.69, 9.17) is 0 Å². The lowest BCUT2D eigenvalue weighted by Crippen LogP contribution is -1.96. The zero-order valence-electron chi connectivity index (χ0n) is 9.71. The van der Waals surface area contributed by atoms with Crippen LogP contribution in [0.15, 0.2) is 35.9 Å². The number of allylic oxidation sites excluding steroid dienone is 2. The van der Waals surface area contributed by atoms with Crippen molar-refractivity contribution in [3.05, 3.63) is 47.0 Å². The molecule has 80 valence electrons. The largest absolute Gasteiger partial charge is 0.289 e. The molecule has 1 aromatic carbocycles. The summed E-state index contributed by atoms with van der Waals surface area (Å²) in [5.74, 6) is 0.123. The van der Waals surface area contributed by atoms with Crippen molar-refractivity contribution in [3.63, 3.8) is 0 Å². The molecule has 0 aliphatic carbocycles. The number of carbonyl (C=O) groups excluding carboxylic acids is 1. The average Bonchev–Trinajstić information content (AvgIpc) is 2.25. The van der Waals surface area contributed by atoms with E-state index in [9.17, 15) is 4.79 Å². The van der Waals surface area contributed by atoms with E-state index in [1.807, 2.05) is 31.2 Å². The second-order valence-electron chi connectivity index (χ2n) is 3.74. The van der Waals surface area contributed by atoms with Crippen LogP contribution in [0.2, 0.25) is 0 Å². The van der Waals surface area contributed by atoms with E-state index >= 15 is 0 Å². The van der Waals surface area contributed by atoms with Crippen LogP contribution < -0.4 is 0 Å². The summed E-state index contributed by atoms with van der Waals surface area (Å²) in [5, 5.41) is 0. The third-order valence-electron chi connectivity index (χ3n) is 2.55. The molecular formula is C14H18O. The number of hydrogen-bond donors (Lipinski definition) is 0. The third kappa shape index (κ3) is 3.35. The highest BCUT2D eigenvalue weighted by Crippen LogP contribution is 2.10. The molecule has 15 heavy (non-hydrogen) atoms. The lowest BCUT2D eigenvalue weighted by Gasteiger charge is -2.01. The Kier molecular flexibility index (Phi) is 4.29. The van der Waals surface area contributed by atoms with Crippen molar-refractivity contribution in [2.45, 2.75) is 33.6 Å². The van der Waals surface area contributed by atoms with Gasteiger partial charge in [-0.15, -0.1) is 0 Å². The first-order valence-electron chi connectivity index (χ1n) is 5.47. The van der Waals surface area contributed by atoms with Crippen LogP contribution in [-0.4, -0.2) is 5.78 Å². The first-order chi connectivity index (χ1) is 7.17. The smallest absolute Gasteiger partial charge is 0.185 e. The van der Waals surface area contributed by atoms with Gasteiger partial charge in [-0.25, -0.2) is 0 Å². The van der Waals surface area contributed by atoms with E-state index < -0.39 is 0 Å². The van der Waals surface area contributed by atoms with Crippen molar-refractivity contribution in [3.8, 4) is 0 Å². The fraction of sp³-hybridized carbons (Fsp3) is 0.357. The number of rotatable bonds is 4. The molecule has 0 amide bonds. The molecule has 0 spiro atoms. The van der Waals surface area contributed by atoms with Gasteiger partial charge in [0.1, 0.15) is 0 Å². The molecule has 0 fully saturated rings. The van der Waals surface area contributed by atoms with Crippen molar-refractivity contribution in [2.75, 3.05) is 0 Å². The monoisotopic (exact) mass is 202 g/mol. The molecule has 0 unspecified atom stereocenters. The van der Waals surface area contributed by atoms with Gasteiger partial charge in [0.25, 0.3) is 0 Å². The summed E-state index contributed by atoms with van der Waals surface area (Å²) in [6.07, 6.45) is 3.68. The summed E-state index contributed by atoms with van der Waals surface area (Å²) in [6.45, 7) is 6.17. The van der Waals surface area contributed by atoms with Gasteiger partial charge in [-0.1, -0.05) is 43.2 Å². The van der Waals surface area contributed by atoms with Crippen molar-refractivity contribution >= 4 is 5.78 Å². The highest BCUT2D eigenvalue weighted by atomic mass is 16.1. The molecule has 0 heterocycles. The van der Waals surface area contributed by atoms with Gasteiger partial charge in [0.05, 0.1) is 0 Å². The maximum absolute atomic E-state index is 11.8. The lowest BCUT2D eigenvalue weighted by atomic mass is 10.0. The van der Waals surface area contributed by atoms with Crippen LogP contribution in [0.3, 0.4) is 0 Å². The average molecular weight is 202 g/mol. The highest BCUT2D eigenvalue weighted by Gasteiger charge is 2.03. The van der Waals surface area contributed by atoms with E-state index in [0.717, 1.165) is 24.0 Å². The van der Waals surface area contributed by atoms with E-state index in [1.165, 1.54) is 5.57 Å². The summed E-state index contributed by atoms with van der Waals surface area (Å²) in [5.41, 5.74) is 3.12. The Labute approximate surface area is 91.8 Å². The van der Waals surface area contributed by atoms with E-state index in [2.05, 4.69) is 13.8 Å². The van der Waals surface area contributed by atoms with Crippen LogP contribution in [0.1, 0.15) is 42.6 Å². The molecule has 0 saturated carbocycles. The molecule has 0 radical (unpaired) electrons. The molecule has 1 heteroatoms. The highest BCUT2D eigenvalue weighted by molar-refractivity contribution is 6.05. The number of benzene rings is 1. The summed E-state index contributed by atoms with van der Waals surface area (Å²) in [4.78, 5) is 11.8. The van der Waals surface area contributed by atoms with Gasteiger partial charge in [-0.2, -0.15) is 0 Å². The van der Waals surface area contributed by atoms with Gasteiger partial charge in [0.2, 0.25) is 0 Å². The van der Waals surface area contributed by atoms with Crippen LogP contribution in [0.4, 0.5) is 0 Å². The number of carbonyl (C=O) groups is 1. The van der Waals surface area contributed by atoms with Gasteiger partial charge in [0.15, 0.2) is 5.78 Å². The number of aryl methyl sites for hydroxylation is 1. The Balaban J connectivity index is 2.90. The third-order valence-corrected chi connectivity index (χ3v) is 2.55. The van der Waals surface area contributed by atoms with Crippen LogP contribution >= 0.6 is 0 Å². The second kappa shape index (κ2) is 5.50. The van der Waals surface area contributed by atoms with E-state index in [0.29, 0.717) is 0 Å². The Morgan fingerprint density at radius 2 is 1.93 bits per heavy atom. The molecule has 0 N–H and O–H groups in total. The molecule has 0 aliphatic heterocycles. The number of ketones is 1. The normalized spacial score (nSPS) is 9.80. The lowest BCUT2D eigenvalue weighted by molar-refractivity contribution is 0.104. The maximum Gasteiger partial charge on any atom is 0.185 e. The van der Waals surface area contributed by atoms with Crippen LogP contribution in [0, 0.1) is 6.92 Å². The van der Waals surface area contributed by atoms with Gasteiger partial charge < -0.3 is 0 Å². The summed E-state index contributed by atoms with van der Waals surface area (Å²) < 4.78 is 0. The molecule has 0 atom stereocenters. The predicted octanol–water partition coefficient (Wildman–Crippen LogP) is 3.92. The van der Waals surface area contributed by atoms with Crippen molar-refractivity contribution in [2.24, 2.45) is 0 Å². The van der Waals surface area contributed by atoms with Crippen LogP contribution in [-0.2, 0) is 0 Å². The molecule has 1 nitrogen and oxygen atoms in total. The second-order valence-corrected chi connectivity index (χ2v) is 3.74. The minimum atomic E-state index is 0.123.